The van der Waals surface area contributed by atoms with Crippen LogP contribution in [-0.4, -0.2) is 35.1 Å². The summed E-state index contributed by atoms with van der Waals surface area (Å²) < 4.78 is 0.947. The molecular weight excluding hydrogens is 282 g/mol. The Kier molecular flexibility index (Phi) is 3.84. The molecule has 17 heavy (non-hydrogen) atoms. The van der Waals surface area contributed by atoms with E-state index < -0.39 is 0 Å². The minimum atomic E-state index is -0.0131. The standard InChI is InChI=1S/C13H16BrNO2/c1-9-11(5-2-6-12(9)14)13(17)15-7-3-4-10(15)8-16/h2,5-6,10,16H,3-4,7-8H2,1H3/t10-/m0/s1. The van der Waals surface area contributed by atoms with Crippen LogP contribution in [0, 0.1) is 6.92 Å². The van der Waals surface area contributed by atoms with Crippen molar-refractivity contribution in [2.45, 2.75) is 25.8 Å². The topological polar surface area (TPSA) is 40.5 Å². The molecule has 1 atom stereocenters. The smallest absolute Gasteiger partial charge is 0.254 e. The zero-order chi connectivity index (χ0) is 12.4. The van der Waals surface area contributed by atoms with E-state index in [0.717, 1.165) is 35.0 Å². The Balaban J connectivity index is 2.28. The summed E-state index contributed by atoms with van der Waals surface area (Å²) in [5.74, 6) is 0.0281. The number of likely N-dealkylation sites (tertiary alicyclic amines) is 1. The maximum absolute atomic E-state index is 12.4. The van der Waals surface area contributed by atoms with Crippen molar-refractivity contribution in [3.63, 3.8) is 0 Å². The van der Waals surface area contributed by atoms with Crippen LogP contribution in [0.3, 0.4) is 0 Å². The maximum Gasteiger partial charge on any atom is 0.254 e. The Morgan fingerprint density at radius 3 is 3.06 bits per heavy atom. The van der Waals surface area contributed by atoms with Gasteiger partial charge in [-0.3, -0.25) is 4.79 Å². The Hall–Kier alpha value is -0.870. The minimum absolute atomic E-state index is 0.0131. The zero-order valence-corrected chi connectivity index (χ0v) is 11.4. The number of aliphatic hydroxyl groups excluding tert-OH is 1. The Labute approximate surface area is 110 Å². The van der Waals surface area contributed by atoms with Crippen LogP contribution in [0.1, 0.15) is 28.8 Å². The Bertz CT molecular complexity index is 433. The summed E-state index contributed by atoms with van der Waals surface area (Å²) in [5, 5.41) is 9.25. The normalized spacial score (nSPS) is 19.7. The largest absolute Gasteiger partial charge is 0.394 e. The van der Waals surface area contributed by atoms with E-state index in [9.17, 15) is 9.90 Å². The fraction of sp³-hybridized carbons (Fsp3) is 0.462. The molecule has 1 heterocycles. The summed E-state index contributed by atoms with van der Waals surface area (Å²) in [6, 6.07) is 5.63. The summed E-state index contributed by atoms with van der Waals surface area (Å²) in [7, 11) is 0. The van der Waals surface area contributed by atoms with E-state index in [1.807, 2.05) is 25.1 Å². The molecule has 1 aliphatic heterocycles. The van der Waals surface area contributed by atoms with E-state index in [4.69, 9.17) is 0 Å². The van der Waals surface area contributed by atoms with Crippen molar-refractivity contribution < 1.29 is 9.90 Å². The van der Waals surface area contributed by atoms with Gasteiger partial charge in [-0.15, -0.1) is 0 Å². The molecule has 0 radical (unpaired) electrons. The molecule has 1 N–H and O–H groups in total. The number of aliphatic hydroxyl groups is 1. The molecule has 0 unspecified atom stereocenters. The van der Waals surface area contributed by atoms with E-state index in [0.29, 0.717) is 0 Å². The number of carbonyl (C=O) groups is 1. The van der Waals surface area contributed by atoms with Gasteiger partial charge in [0.15, 0.2) is 0 Å². The van der Waals surface area contributed by atoms with E-state index in [1.165, 1.54) is 0 Å². The van der Waals surface area contributed by atoms with Crippen LogP contribution >= 0.6 is 15.9 Å². The summed E-state index contributed by atoms with van der Waals surface area (Å²) in [5.41, 5.74) is 1.68. The molecule has 1 aliphatic rings. The van der Waals surface area contributed by atoms with Crippen LogP contribution in [0.25, 0.3) is 0 Å². The van der Waals surface area contributed by atoms with Crippen LogP contribution in [0.15, 0.2) is 22.7 Å². The molecule has 1 saturated heterocycles. The van der Waals surface area contributed by atoms with Gasteiger partial charge in [0, 0.05) is 16.6 Å². The number of rotatable bonds is 2. The third-order valence-electron chi connectivity index (χ3n) is 3.35. The molecule has 0 saturated carbocycles. The lowest BCUT2D eigenvalue weighted by molar-refractivity contribution is 0.0677. The summed E-state index contributed by atoms with van der Waals surface area (Å²) >= 11 is 3.43. The molecule has 0 aliphatic carbocycles. The van der Waals surface area contributed by atoms with Crippen LogP contribution in [0.4, 0.5) is 0 Å². The highest BCUT2D eigenvalue weighted by Gasteiger charge is 2.29. The van der Waals surface area contributed by atoms with Crippen molar-refractivity contribution in [1.29, 1.82) is 0 Å². The van der Waals surface area contributed by atoms with Crippen molar-refractivity contribution in [2.24, 2.45) is 0 Å². The van der Waals surface area contributed by atoms with Gasteiger partial charge in [-0.25, -0.2) is 0 Å². The fourth-order valence-corrected chi connectivity index (χ4v) is 2.65. The molecule has 2 rings (SSSR count). The van der Waals surface area contributed by atoms with Crippen molar-refractivity contribution in [3.05, 3.63) is 33.8 Å². The molecule has 1 aromatic carbocycles. The first-order chi connectivity index (χ1) is 8.15. The van der Waals surface area contributed by atoms with Gasteiger partial charge in [-0.2, -0.15) is 0 Å². The first kappa shape index (κ1) is 12.6. The van der Waals surface area contributed by atoms with Gasteiger partial charge in [0.2, 0.25) is 0 Å². The average Bonchev–Trinajstić information content (AvgIpc) is 2.80. The van der Waals surface area contributed by atoms with E-state index >= 15 is 0 Å². The molecule has 0 spiro atoms. The molecule has 4 heteroatoms. The molecular formula is C13H16BrNO2. The molecule has 0 aromatic heterocycles. The third-order valence-corrected chi connectivity index (χ3v) is 4.21. The number of hydrogen-bond acceptors (Lipinski definition) is 2. The first-order valence-corrected chi connectivity index (χ1v) is 6.61. The number of hydrogen-bond donors (Lipinski definition) is 1. The van der Waals surface area contributed by atoms with Gasteiger partial charge in [0.25, 0.3) is 5.91 Å². The van der Waals surface area contributed by atoms with Crippen LogP contribution < -0.4 is 0 Å². The summed E-state index contributed by atoms with van der Waals surface area (Å²) in [4.78, 5) is 14.2. The zero-order valence-electron chi connectivity index (χ0n) is 9.82. The lowest BCUT2D eigenvalue weighted by Gasteiger charge is -2.24. The van der Waals surface area contributed by atoms with Crippen LogP contribution in [0.2, 0.25) is 0 Å². The Morgan fingerprint density at radius 2 is 2.35 bits per heavy atom. The third kappa shape index (κ3) is 2.38. The lowest BCUT2D eigenvalue weighted by atomic mass is 10.1. The predicted octanol–water partition coefficient (Wildman–Crippen LogP) is 2.35. The molecule has 92 valence electrons. The van der Waals surface area contributed by atoms with Crippen molar-refractivity contribution in [1.82, 2.24) is 4.90 Å². The van der Waals surface area contributed by atoms with Gasteiger partial charge in [-0.05, 0) is 37.5 Å². The minimum Gasteiger partial charge on any atom is -0.394 e. The highest BCUT2D eigenvalue weighted by Crippen LogP contribution is 2.24. The number of halogens is 1. The molecule has 1 aromatic rings. The monoisotopic (exact) mass is 297 g/mol. The van der Waals surface area contributed by atoms with E-state index in [1.54, 1.807) is 4.90 Å². The van der Waals surface area contributed by atoms with Crippen molar-refractivity contribution in [2.75, 3.05) is 13.2 Å². The van der Waals surface area contributed by atoms with Gasteiger partial charge >= 0.3 is 0 Å². The van der Waals surface area contributed by atoms with Gasteiger partial charge in [-0.1, -0.05) is 22.0 Å². The van der Waals surface area contributed by atoms with Crippen molar-refractivity contribution >= 4 is 21.8 Å². The van der Waals surface area contributed by atoms with E-state index in [2.05, 4.69) is 15.9 Å². The van der Waals surface area contributed by atoms with E-state index in [-0.39, 0.29) is 18.6 Å². The number of carbonyl (C=O) groups excluding carboxylic acids is 1. The molecule has 0 bridgehead atoms. The SMILES string of the molecule is Cc1c(Br)cccc1C(=O)N1CCC[C@H]1CO. The second-order valence-electron chi connectivity index (χ2n) is 4.39. The van der Waals surface area contributed by atoms with Gasteiger partial charge in [0.05, 0.1) is 12.6 Å². The predicted molar refractivity (Wildman–Crippen MR) is 70.0 cm³/mol. The first-order valence-electron chi connectivity index (χ1n) is 5.82. The maximum atomic E-state index is 12.4. The lowest BCUT2D eigenvalue weighted by Crippen LogP contribution is -2.37. The Morgan fingerprint density at radius 1 is 1.59 bits per heavy atom. The highest BCUT2D eigenvalue weighted by molar-refractivity contribution is 9.10. The van der Waals surface area contributed by atoms with Gasteiger partial charge < -0.3 is 10.0 Å². The molecule has 1 fully saturated rings. The molecule has 1 amide bonds. The second-order valence-corrected chi connectivity index (χ2v) is 5.24. The number of amides is 1. The van der Waals surface area contributed by atoms with Crippen LogP contribution in [-0.2, 0) is 0 Å². The highest BCUT2D eigenvalue weighted by atomic mass is 79.9. The second kappa shape index (κ2) is 5.19. The average molecular weight is 298 g/mol. The quantitative estimate of drug-likeness (QED) is 0.910. The van der Waals surface area contributed by atoms with Crippen LogP contribution in [0.5, 0.6) is 0 Å². The molecule has 3 nitrogen and oxygen atoms in total. The number of benzene rings is 1. The van der Waals surface area contributed by atoms with Crippen molar-refractivity contribution in [3.8, 4) is 0 Å². The number of nitrogens with zero attached hydrogens (tertiary/aromatic N) is 1. The summed E-state index contributed by atoms with van der Waals surface area (Å²) in [6.07, 6.45) is 1.87. The summed E-state index contributed by atoms with van der Waals surface area (Å²) in [6.45, 7) is 2.73. The fourth-order valence-electron chi connectivity index (χ4n) is 2.29. The van der Waals surface area contributed by atoms with Gasteiger partial charge in [0.1, 0.15) is 0 Å².